The number of unbranched alkanes of at least 4 members (excludes halogenated alkanes) is 1. The van der Waals surface area contributed by atoms with Crippen molar-refractivity contribution in [2.75, 3.05) is 0 Å². The van der Waals surface area contributed by atoms with Crippen molar-refractivity contribution in [3.8, 4) is 0 Å². The fraction of sp³-hybridized carbons (Fsp3) is 0.273. The molecule has 0 radical (unpaired) electrons. The first-order valence-corrected chi connectivity index (χ1v) is 10.8. The first-order valence-electron chi connectivity index (χ1n) is 9.56. The summed E-state index contributed by atoms with van der Waals surface area (Å²) in [5.74, 6) is -0.0416. The SMILES string of the molecule is CCCCC(Cc1c[nH]c2ccccc12)NC(=O)c1cc2ccc(Cl)nc2s1. The number of H-pyrrole nitrogens is 1. The number of carbonyl (C=O) groups is 1. The summed E-state index contributed by atoms with van der Waals surface area (Å²) in [4.78, 5) is 22.0. The molecule has 0 aliphatic carbocycles. The van der Waals surface area contributed by atoms with E-state index in [-0.39, 0.29) is 11.9 Å². The molecule has 0 aliphatic rings. The van der Waals surface area contributed by atoms with Crippen molar-refractivity contribution in [1.29, 1.82) is 0 Å². The van der Waals surface area contributed by atoms with E-state index in [2.05, 4.69) is 46.6 Å². The summed E-state index contributed by atoms with van der Waals surface area (Å²) in [5, 5.41) is 5.86. The molecule has 3 aromatic heterocycles. The van der Waals surface area contributed by atoms with Crippen LogP contribution in [0.3, 0.4) is 0 Å². The van der Waals surface area contributed by atoms with Gasteiger partial charge in [-0.25, -0.2) is 4.98 Å². The largest absolute Gasteiger partial charge is 0.361 e. The van der Waals surface area contributed by atoms with Gasteiger partial charge in [0.15, 0.2) is 0 Å². The van der Waals surface area contributed by atoms with Gasteiger partial charge in [-0.1, -0.05) is 49.6 Å². The predicted octanol–water partition coefficient (Wildman–Crippen LogP) is 5.96. The fourth-order valence-electron chi connectivity index (χ4n) is 3.51. The summed E-state index contributed by atoms with van der Waals surface area (Å²) >= 11 is 7.35. The number of thiophene rings is 1. The lowest BCUT2D eigenvalue weighted by molar-refractivity contribution is 0.0938. The molecule has 1 aromatic carbocycles. The Balaban J connectivity index is 1.54. The second-order valence-corrected chi connectivity index (χ2v) is 8.43. The summed E-state index contributed by atoms with van der Waals surface area (Å²) < 4.78 is 0. The third-order valence-electron chi connectivity index (χ3n) is 4.96. The predicted molar refractivity (Wildman–Crippen MR) is 117 cm³/mol. The minimum absolute atomic E-state index is 0.0416. The van der Waals surface area contributed by atoms with E-state index in [0.717, 1.165) is 41.4 Å². The maximum absolute atomic E-state index is 12.9. The van der Waals surface area contributed by atoms with Crippen LogP contribution in [0.5, 0.6) is 0 Å². The maximum Gasteiger partial charge on any atom is 0.261 e. The minimum atomic E-state index is -0.0416. The van der Waals surface area contributed by atoms with Crippen LogP contribution in [-0.2, 0) is 6.42 Å². The van der Waals surface area contributed by atoms with Gasteiger partial charge in [-0.2, -0.15) is 0 Å². The number of benzene rings is 1. The Morgan fingerprint density at radius 3 is 3.00 bits per heavy atom. The van der Waals surface area contributed by atoms with Crippen LogP contribution >= 0.6 is 22.9 Å². The molecule has 1 unspecified atom stereocenters. The lowest BCUT2D eigenvalue weighted by atomic mass is 10.0. The highest BCUT2D eigenvalue weighted by atomic mass is 35.5. The summed E-state index contributed by atoms with van der Waals surface area (Å²) in [6.45, 7) is 2.17. The molecule has 0 bridgehead atoms. The number of nitrogens with zero attached hydrogens (tertiary/aromatic N) is 1. The van der Waals surface area contributed by atoms with E-state index >= 15 is 0 Å². The third-order valence-corrected chi connectivity index (χ3v) is 6.21. The van der Waals surface area contributed by atoms with Gasteiger partial charge in [0.25, 0.3) is 5.91 Å². The van der Waals surface area contributed by atoms with Crippen LogP contribution in [0.15, 0.2) is 48.7 Å². The molecule has 4 nitrogen and oxygen atoms in total. The van der Waals surface area contributed by atoms with E-state index in [0.29, 0.717) is 10.0 Å². The quantitative estimate of drug-likeness (QED) is 0.368. The number of amides is 1. The van der Waals surface area contributed by atoms with Gasteiger partial charge < -0.3 is 10.3 Å². The molecule has 0 saturated carbocycles. The van der Waals surface area contributed by atoms with E-state index in [1.807, 2.05) is 18.2 Å². The Kier molecular flexibility index (Phi) is 5.64. The minimum Gasteiger partial charge on any atom is -0.361 e. The smallest absolute Gasteiger partial charge is 0.261 e. The molecule has 144 valence electrons. The van der Waals surface area contributed by atoms with Gasteiger partial charge in [-0.15, -0.1) is 11.3 Å². The number of pyridine rings is 1. The van der Waals surface area contributed by atoms with Crippen LogP contribution in [0.1, 0.15) is 41.4 Å². The number of fused-ring (bicyclic) bond motifs is 2. The molecular formula is C22H22ClN3OS. The van der Waals surface area contributed by atoms with Gasteiger partial charge in [0.05, 0.1) is 4.88 Å². The van der Waals surface area contributed by atoms with Crippen LogP contribution in [0.2, 0.25) is 5.15 Å². The standard InChI is InChI=1S/C22H22ClN3OS/c1-2-3-6-16(11-15-13-24-18-8-5-4-7-17(15)18)25-21(27)19-12-14-9-10-20(23)26-22(14)28-19/h4-5,7-10,12-13,16,24H,2-3,6,11H2,1H3,(H,25,27). The first-order chi connectivity index (χ1) is 13.6. The third kappa shape index (κ3) is 4.05. The Morgan fingerprint density at radius 1 is 1.29 bits per heavy atom. The molecule has 3 heterocycles. The molecule has 1 amide bonds. The molecule has 6 heteroatoms. The van der Waals surface area contributed by atoms with E-state index < -0.39 is 0 Å². The van der Waals surface area contributed by atoms with Crippen molar-refractivity contribution in [3.05, 3.63) is 64.3 Å². The Morgan fingerprint density at radius 2 is 2.14 bits per heavy atom. The van der Waals surface area contributed by atoms with Gasteiger partial charge in [-0.05, 0) is 42.7 Å². The van der Waals surface area contributed by atoms with E-state index in [9.17, 15) is 4.79 Å². The highest BCUT2D eigenvalue weighted by Gasteiger charge is 2.18. The molecule has 4 rings (SSSR count). The average molecular weight is 412 g/mol. The molecule has 1 atom stereocenters. The highest BCUT2D eigenvalue weighted by molar-refractivity contribution is 7.20. The monoisotopic (exact) mass is 411 g/mol. The Labute approximate surface area is 172 Å². The number of rotatable bonds is 7. The van der Waals surface area contributed by atoms with Gasteiger partial charge in [0.1, 0.15) is 9.98 Å². The summed E-state index contributed by atoms with van der Waals surface area (Å²) in [6, 6.07) is 13.9. The van der Waals surface area contributed by atoms with Gasteiger partial charge in [0.2, 0.25) is 0 Å². The second kappa shape index (κ2) is 8.33. The molecule has 0 spiro atoms. The van der Waals surface area contributed by atoms with Crippen molar-refractivity contribution in [2.24, 2.45) is 0 Å². The summed E-state index contributed by atoms with van der Waals surface area (Å²) in [6.07, 6.45) is 6.00. The van der Waals surface area contributed by atoms with Crippen LogP contribution < -0.4 is 5.32 Å². The number of hydrogen-bond donors (Lipinski definition) is 2. The molecule has 0 saturated heterocycles. The van der Waals surface area contributed by atoms with Crippen molar-refractivity contribution in [2.45, 2.75) is 38.6 Å². The number of para-hydroxylation sites is 1. The van der Waals surface area contributed by atoms with Crippen LogP contribution in [0.4, 0.5) is 0 Å². The lowest BCUT2D eigenvalue weighted by Crippen LogP contribution is -2.36. The van der Waals surface area contributed by atoms with Crippen LogP contribution in [0.25, 0.3) is 21.1 Å². The molecule has 2 N–H and O–H groups in total. The number of aromatic nitrogens is 2. The van der Waals surface area contributed by atoms with E-state index in [4.69, 9.17) is 11.6 Å². The van der Waals surface area contributed by atoms with Crippen LogP contribution in [-0.4, -0.2) is 21.9 Å². The normalized spacial score (nSPS) is 12.5. The number of nitrogens with one attached hydrogen (secondary N) is 2. The molecular weight excluding hydrogens is 390 g/mol. The first kappa shape index (κ1) is 19.0. The number of halogens is 1. The number of hydrogen-bond acceptors (Lipinski definition) is 3. The molecule has 0 aliphatic heterocycles. The highest BCUT2D eigenvalue weighted by Crippen LogP contribution is 2.26. The topological polar surface area (TPSA) is 57.8 Å². The van der Waals surface area contributed by atoms with Crippen molar-refractivity contribution >= 4 is 50.0 Å². The zero-order valence-electron chi connectivity index (χ0n) is 15.7. The van der Waals surface area contributed by atoms with Crippen molar-refractivity contribution < 1.29 is 4.79 Å². The number of carbonyl (C=O) groups excluding carboxylic acids is 1. The fourth-order valence-corrected chi connectivity index (χ4v) is 4.64. The average Bonchev–Trinajstić information content (AvgIpc) is 3.30. The zero-order valence-corrected chi connectivity index (χ0v) is 17.2. The lowest BCUT2D eigenvalue weighted by Gasteiger charge is -2.18. The Hall–Kier alpha value is -2.37. The Bertz CT molecular complexity index is 1120. The molecule has 4 aromatic rings. The van der Waals surface area contributed by atoms with Crippen molar-refractivity contribution in [3.63, 3.8) is 0 Å². The van der Waals surface area contributed by atoms with Gasteiger partial charge in [0, 0.05) is 28.5 Å². The zero-order chi connectivity index (χ0) is 19.5. The molecule has 0 fully saturated rings. The van der Waals surface area contributed by atoms with Crippen LogP contribution in [0, 0.1) is 0 Å². The summed E-state index contributed by atoms with van der Waals surface area (Å²) in [5.41, 5.74) is 2.37. The van der Waals surface area contributed by atoms with E-state index in [1.165, 1.54) is 22.3 Å². The van der Waals surface area contributed by atoms with E-state index in [1.54, 1.807) is 6.07 Å². The van der Waals surface area contributed by atoms with Gasteiger partial charge >= 0.3 is 0 Å². The van der Waals surface area contributed by atoms with Gasteiger partial charge in [-0.3, -0.25) is 4.79 Å². The number of aromatic amines is 1. The summed E-state index contributed by atoms with van der Waals surface area (Å²) in [7, 11) is 0. The molecule has 28 heavy (non-hydrogen) atoms. The maximum atomic E-state index is 12.9. The second-order valence-electron chi connectivity index (χ2n) is 7.02. The van der Waals surface area contributed by atoms with Crippen molar-refractivity contribution in [1.82, 2.24) is 15.3 Å².